The summed E-state index contributed by atoms with van der Waals surface area (Å²) in [6.07, 6.45) is 3.13. The number of ether oxygens (including phenoxy) is 1. The number of para-hydroxylation sites is 1. The van der Waals surface area contributed by atoms with Crippen LogP contribution in [-0.2, 0) is 21.4 Å². The van der Waals surface area contributed by atoms with Crippen LogP contribution in [0.5, 0.6) is 0 Å². The van der Waals surface area contributed by atoms with Gasteiger partial charge in [-0.2, -0.15) is 5.10 Å². The first-order valence-electron chi connectivity index (χ1n) is 8.36. The Bertz CT molecular complexity index is 945. The Hall–Kier alpha value is -2.94. The molecule has 27 heavy (non-hydrogen) atoms. The van der Waals surface area contributed by atoms with Crippen LogP contribution in [0.25, 0.3) is 11.0 Å². The van der Waals surface area contributed by atoms with E-state index in [1.165, 1.54) is 23.0 Å². The van der Waals surface area contributed by atoms with Gasteiger partial charge in [-0.05, 0) is 19.1 Å². The number of carbonyl (C=O) groups is 2. The van der Waals surface area contributed by atoms with Crippen LogP contribution in [0.4, 0.5) is 5.69 Å². The van der Waals surface area contributed by atoms with Gasteiger partial charge in [-0.15, -0.1) is 0 Å². The predicted octanol–water partition coefficient (Wildman–Crippen LogP) is 2.05. The summed E-state index contributed by atoms with van der Waals surface area (Å²) >= 11 is 1.29. The second-order valence-corrected chi connectivity index (χ2v) is 6.56. The maximum atomic E-state index is 12.8. The van der Waals surface area contributed by atoms with Gasteiger partial charge in [0.1, 0.15) is 17.9 Å². The monoisotopic (exact) mass is 385 g/mol. The topological polar surface area (TPSA) is 90.2 Å². The van der Waals surface area contributed by atoms with Gasteiger partial charge in [-0.25, -0.2) is 9.97 Å². The quantitative estimate of drug-likeness (QED) is 0.349. The van der Waals surface area contributed by atoms with Crippen LogP contribution in [0.3, 0.4) is 0 Å². The van der Waals surface area contributed by atoms with Gasteiger partial charge in [0.2, 0.25) is 5.91 Å². The molecule has 0 saturated carbocycles. The van der Waals surface area contributed by atoms with Gasteiger partial charge in [0.15, 0.2) is 5.65 Å². The maximum Gasteiger partial charge on any atom is 0.326 e. The smallest absolute Gasteiger partial charge is 0.326 e. The molecule has 2 aromatic heterocycles. The van der Waals surface area contributed by atoms with Gasteiger partial charge >= 0.3 is 5.97 Å². The van der Waals surface area contributed by atoms with E-state index in [2.05, 4.69) is 15.1 Å². The van der Waals surface area contributed by atoms with E-state index in [-0.39, 0.29) is 24.8 Å². The molecule has 0 saturated heterocycles. The average Bonchev–Trinajstić information content (AvgIpc) is 3.07. The number of hydrogen-bond donors (Lipinski definition) is 0. The first-order chi connectivity index (χ1) is 13.1. The fraction of sp³-hybridized carbons (Fsp3) is 0.278. The molecule has 2 heterocycles. The summed E-state index contributed by atoms with van der Waals surface area (Å²) in [7, 11) is 1.80. The zero-order valence-corrected chi connectivity index (χ0v) is 15.8. The number of anilines is 1. The number of rotatable bonds is 7. The molecule has 140 valence electrons. The number of thioether (sulfide) groups is 1. The molecule has 0 atom stereocenters. The second-order valence-electron chi connectivity index (χ2n) is 5.59. The summed E-state index contributed by atoms with van der Waals surface area (Å²) in [5.74, 6) is -0.540. The van der Waals surface area contributed by atoms with E-state index in [0.717, 1.165) is 5.39 Å². The summed E-state index contributed by atoms with van der Waals surface area (Å²) < 4.78 is 6.65. The van der Waals surface area contributed by atoms with Crippen molar-refractivity contribution in [1.29, 1.82) is 0 Å². The molecule has 0 unspecified atom stereocenters. The maximum absolute atomic E-state index is 12.8. The van der Waals surface area contributed by atoms with E-state index in [4.69, 9.17) is 4.74 Å². The largest absolute Gasteiger partial charge is 0.465 e. The normalized spacial score (nSPS) is 10.7. The number of aryl methyl sites for hydroxylation is 1. The van der Waals surface area contributed by atoms with E-state index in [1.54, 1.807) is 37.0 Å². The van der Waals surface area contributed by atoms with Crippen molar-refractivity contribution in [3.63, 3.8) is 0 Å². The lowest BCUT2D eigenvalue weighted by molar-refractivity contribution is -0.142. The van der Waals surface area contributed by atoms with Crippen molar-refractivity contribution in [3.05, 3.63) is 42.9 Å². The number of hydrogen-bond acceptors (Lipinski definition) is 7. The number of esters is 1. The molecule has 0 aliphatic carbocycles. The second kappa shape index (κ2) is 8.63. The molecule has 3 aromatic rings. The van der Waals surface area contributed by atoms with Crippen LogP contribution in [0, 0.1) is 0 Å². The highest BCUT2D eigenvalue weighted by atomic mass is 32.2. The lowest BCUT2D eigenvalue weighted by atomic mass is 10.3. The van der Waals surface area contributed by atoms with Crippen molar-refractivity contribution in [3.8, 4) is 0 Å². The van der Waals surface area contributed by atoms with E-state index in [1.807, 2.05) is 18.2 Å². The highest BCUT2D eigenvalue weighted by Gasteiger charge is 2.21. The van der Waals surface area contributed by atoms with E-state index in [9.17, 15) is 9.59 Å². The Morgan fingerprint density at radius 3 is 2.74 bits per heavy atom. The first kappa shape index (κ1) is 18.8. The molecule has 1 amide bonds. The van der Waals surface area contributed by atoms with Crippen molar-refractivity contribution in [2.24, 2.45) is 7.05 Å². The Morgan fingerprint density at radius 2 is 2.00 bits per heavy atom. The Kier molecular flexibility index (Phi) is 6.02. The van der Waals surface area contributed by atoms with Gasteiger partial charge in [0.05, 0.1) is 23.9 Å². The van der Waals surface area contributed by atoms with Crippen molar-refractivity contribution in [2.75, 3.05) is 23.8 Å². The minimum absolute atomic E-state index is 0.120. The summed E-state index contributed by atoms with van der Waals surface area (Å²) in [6.45, 7) is 1.87. The van der Waals surface area contributed by atoms with Crippen LogP contribution in [0.15, 0.2) is 47.9 Å². The lowest BCUT2D eigenvalue weighted by Crippen LogP contribution is -2.37. The highest BCUT2D eigenvalue weighted by Crippen LogP contribution is 2.25. The molecular weight excluding hydrogens is 366 g/mol. The average molecular weight is 385 g/mol. The fourth-order valence-electron chi connectivity index (χ4n) is 2.53. The first-order valence-corrected chi connectivity index (χ1v) is 9.35. The van der Waals surface area contributed by atoms with Crippen molar-refractivity contribution < 1.29 is 14.3 Å². The summed E-state index contributed by atoms with van der Waals surface area (Å²) in [5, 5.41) is 5.63. The third kappa shape index (κ3) is 4.43. The van der Waals surface area contributed by atoms with Crippen molar-refractivity contribution >= 4 is 40.4 Å². The van der Waals surface area contributed by atoms with Gasteiger partial charge in [-0.1, -0.05) is 30.0 Å². The Balaban J connectivity index is 1.76. The van der Waals surface area contributed by atoms with Crippen LogP contribution >= 0.6 is 11.8 Å². The predicted molar refractivity (Wildman–Crippen MR) is 102 cm³/mol. The Morgan fingerprint density at radius 1 is 1.22 bits per heavy atom. The third-order valence-electron chi connectivity index (χ3n) is 3.79. The van der Waals surface area contributed by atoms with Crippen molar-refractivity contribution in [1.82, 2.24) is 19.7 Å². The summed E-state index contributed by atoms with van der Waals surface area (Å²) in [4.78, 5) is 34.6. The zero-order chi connectivity index (χ0) is 19.2. The molecular formula is C18H19N5O3S. The fourth-order valence-corrected chi connectivity index (χ4v) is 3.37. The number of nitrogens with zero attached hydrogens (tertiary/aromatic N) is 5. The van der Waals surface area contributed by atoms with E-state index >= 15 is 0 Å². The number of aromatic nitrogens is 4. The molecule has 0 radical (unpaired) electrons. The molecule has 8 nitrogen and oxygen atoms in total. The third-order valence-corrected chi connectivity index (χ3v) is 4.78. The molecule has 0 spiro atoms. The molecule has 0 bridgehead atoms. The molecule has 0 fully saturated rings. The van der Waals surface area contributed by atoms with Crippen LogP contribution in [0.2, 0.25) is 0 Å². The minimum atomic E-state index is -0.448. The van der Waals surface area contributed by atoms with Gasteiger partial charge in [0.25, 0.3) is 0 Å². The highest BCUT2D eigenvalue weighted by molar-refractivity contribution is 8.00. The molecule has 3 rings (SSSR count). The molecule has 0 aliphatic rings. The summed E-state index contributed by atoms with van der Waals surface area (Å²) in [6, 6.07) is 9.05. The molecule has 9 heteroatoms. The lowest BCUT2D eigenvalue weighted by Gasteiger charge is -2.21. The number of amides is 1. The van der Waals surface area contributed by atoms with Gasteiger partial charge < -0.3 is 9.64 Å². The molecule has 0 N–H and O–H groups in total. The SMILES string of the molecule is CCOC(=O)CN(C(=O)CSc1ncnc2c1cnn2C)c1ccccc1. The van der Waals surface area contributed by atoms with Crippen molar-refractivity contribution in [2.45, 2.75) is 11.9 Å². The molecule has 0 aliphatic heterocycles. The van der Waals surface area contributed by atoms with Crippen LogP contribution in [-0.4, -0.2) is 50.5 Å². The van der Waals surface area contributed by atoms with Crippen LogP contribution in [0.1, 0.15) is 6.92 Å². The summed E-state index contributed by atoms with van der Waals surface area (Å²) in [5.41, 5.74) is 1.34. The zero-order valence-electron chi connectivity index (χ0n) is 15.0. The van der Waals surface area contributed by atoms with Gasteiger partial charge in [-0.3, -0.25) is 14.3 Å². The van der Waals surface area contributed by atoms with Crippen LogP contribution < -0.4 is 4.90 Å². The van der Waals surface area contributed by atoms with E-state index < -0.39 is 5.97 Å². The Labute approximate surface area is 160 Å². The number of fused-ring (bicyclic) bond motifs is 1. The molecule has 1 aromatic carbocycles. The standard InChI is InChI=1S/C18H19N5O3S/c1-3-26-16(25)10-23(13-7-5-4-6-8-13)15(24)11-27-18-14-9-21-22(2)17(14)19-12-20-18/h4-9,12H,3,10-11H2,1-2H3. The number of benzene rings is 1. The van der Waals surface area contributed by atoms with Gasteiger partial charge in [0, 0.05) is 12.7 Å². The minimum Gasteiger partial charge on any atom is -0.465 e. The van der Waals surface area contributed by atoms with E-state index in [0.29, 0.717) is 16.4 Å². The number of carbonyl (C=O) groups excluding carboxylic acids is 2.